The van der Waals surface area contributed by atoms with E-state index in [0.717, 1.165) is 50.0 Å². The lowest BCUT2D eigenvalue weighted by atomic mass is 9.88. The van der Waals surface area contributed by atoms with E-state index in [1.54, 1.807) is 0 Å². The molecule has 30 heavy (non-hydrogen) atoms. The molecule has 8 heteroatoms. The number of hydrogen-bond donors (Lipinski definition) is 1. The van der Waals surface area contributed by atoms with Crippen molar-refractivity contribution >= 4 is 23.6 Å². The molecule has 1 N–H and O–H groups in total. The maximum atomic E-state index is 12.7. The molecule has 2 aromatic rings. The third-order valence-corrected chi connectivity index (χ3v) is 6.54. The van der Waals surface area contributed by atoms with E-state index in [0.29, 0.717) is 24.9 Å². The molecule has 1 saturated heterocycles. The minimum absolute atomic E-state index is 0.0497. The second kappa shape index (κ2) is 9.83. The van der Waals surface area contributed by atoms with E-state index in [-0.39, 0.29) is 11.9 Å². The molecule has 1 atom stereocenters. The molecule has 4 rings (SSSR count). The van der Waals surface area contributed by atoms with Crippen molar-refractivity contribution in [3.8, 4) is 0 Å². The molecule has 1 unspecified atom stereocenters. The van der Waals surface area contributed by atoms with Gasteiger partial charge in [-0.15, -0.1) is 10.2 Å². The van der Waals surface area contributed by atoms with Gasteiger partial charge in [0.25, 0.3) is 0 Å². The van der Waals surface area contributed by atoms with E-state index in [9.17, 15) is 4.79 Å². The van der Waals surface area contributed by atoms with Crippen molar-refractivity contribution in [1.82, 2.24) is 20.1 Å². The number of ether oxygens (including phenoxy) is 1. The highest BCUT2D eigenvalue weighted by molar-refractivity contribution is 7.99. The van der Waals surface area contributed by atoms with Gasteiger partial charge in [-0.25, -0.2) is 0 Å². The minimum Gasteiger partial charge on any atom is -0.378 e. The van der Waals surface area contributed by atoms with E-state index in [1.165, 1.54) is 22.9 Å². The minimum atomic E-state index is 0.0497. The average Bonchev–Trinajstić information content (AvgIpc) is 3.15. The van der Waals surface area contributed by atoms with Gasteiger partial charge in [0, 0.05) is 19.6 Å². The summed E-state index contributed by atoms with van der Waals surface area (Å²) in [5.41, 5.74) is 2.62. The first-order valence-corrected chi connectivity index (χ1v) is 11.9. The molecule has 1 aliphatic carbocycles. The molecule has 0 spiro atoms. The lowest BCUT2D eigenvalue weighted by Crippen LogP contribution is -2.38. The van der Waals surface area contributed by atoms with Crippen molar-refractivity contribution in [3.05, 3.63) is 35.4 Å². The van der Waals surface area contributed by atoms with Crippen molar-refractivity contribution in [2.45, 2.75) is 50.9 Å². The maximum absolute atomic E-state index is 12.7. The number of carbonyl (C=O) groups is 1. The lowest BCUT2D eigenvalue weighted by Gasteiger charge is -2.28. The van der Waals surface area contributed by atoms with Crippen molar-refractivity contribution < 1.29 is 9.53 Å². The summed E-state index contributed by atoms with van der Waals surface area (Å²) in [6, 6.07) is 8.55. The number of thioether (sulfide) groups is 1. The molecule has 2 heterocycles. The number of morpholine rings is 1. The lowest BCUT2D eigenvalue weighted by molar-refractivity contribution is -0.119. The Hall–Kier alpha value is -2.06. The maximum Gasteiger partial charge on any atom is 0.230 e. The van der Waals surface area contributed by atoms with Gasteiger partial charge in [-0.05, 0) is 36.3 Å². The van der Waals surface area contributed by atoms with E-state index < -0.39 is 0 Å². The van der Waals surface area contributed by atoms with Crippen molar-refractivity contribution in [1.29, 1.82) is 0 Å². The van der Waals surface area contributed by atoms with Gasteiger partial charge in [0.2, 0.25) is 11.9 Å². The Morgan fingerprint density at radius 1 is 1.27 bits per heavy atom. The van der Waals surface area contributed by atoms with Crippen LogP contribution in [0.25, 0.3) is 0 Å². The molecular weight excluding hydrogens is 398 g/mol. The smallest absolute Gasteiger partial charge is 0.230 e. The second-order valence-electron chi connectivity index (χ2n) is 8.39. The Balaban J connectivity index is 1.41. The number of nitrogens with one attached hydrogen (secondary N) is 1. The van der Waals surface area contributed by atoms with E-state index in [4.69, 9.17) is 4.74 Å². The van der Waals surface area contributed by atoms with Gasteiger partial charge in [0.1, 0.15) is 0 Å². The molecule has 0 saturated carbocycles. The average molecular weight is 430 g/mol. The number of hydrogen-bond acceptors (Lipinski definition) is 6. The number of rotatable bonds is 7. The van der Waals surface area contributed by atoms with Crippen LogP contribution >= 0.6 is 11.8 Å². The van der Waals surface area contributed by atoms with Crippen LogP contribution in [0.5, 0.6) is 0 Å². The van der Waals surface area contributed by atoms with Crippen molar-refractivity contribution in [2.75, 3.05) is 37.0 Å². The molecule has 0 bridgehead atoms. The standard InChI is InChI=1S/C22H31N5O2S/c1-16(2)14-27-21(26-10-12-29-13-11-26)24-25-22(27)30-15-20(28)23-19-9-5-7-17-6-3-4-8-18(17)19/h3-4,6,8,16,19H,5,7,9-15H2,1-2H3,(H,23,28). The topological polar surface area (TPSA) is 72.3 Å². The van der Waals surface area contributed by atoms with Gasteiger partial charge in [-0.3, -0.25) is 9.36 Å². The largest absolute Gasteiger partial charge is 0.378 e. The van der Waals surface area contributed by atoms with Gasteiger partial charge in [-0.1, -0.05) is 49.9 Å². The summed E-state index contributed by atoms with van der Waals surface area (Å²) in [5, 5.41) is 12.9. The fourth-order valence-electron chi connectivity index (χ4n) is 4.18. The van der Waals surface area contributed by atoms with Crippen molar-refractivity contribution in [3.63, 3.8) is 0 Å². The first-order valence-electron chi connectivity index (χ1n) is 10.9. The zero-order valence-electron chi connectivity index (χ0n) is 17.8. The molecule has 7 nitrogen and oxygen atoms in total. The fraction of sp³-hybridized carbons (Fsp3) is 0.591. The van der Waals surface area contributed by atoms with Gasteiger partial charge in [0.15, 0.2) is 5.16 Å². The van der Waals surface area contributed by atoms with Crippen LogP contribution < -0.4 is 10.2 Å². The predicted octanol–water partition coefficient (Wildman–Crippen LogP) is 3.06. The van der Waals surface area contributed by atoms with E-state index in [1.807, 2.05) is 0 Å². The van der Waals surface area contributed by atoms with Gasteiger partial charge in [0.05, 0.1) is 25.0 Å². The second-order valence-corrected chi connectivity index (χ2v) is 9.33. The normalized spacial score (nSPS) is 19.0. The van der Waals surface area contributed by atoms with Crippen LogP contribution in [-0.2, 0) is 22.5 Å². The van der Waals surface area contributed by atoms with Crippen LogP contribution in [0.3, 0.4) is 0 Å². The number of anilines is 1. The summed E-state index contributed by atoms with van der Waals surface area (Å²) < 4.78 is 7.62. The molecule has 1 amide bonds. The van der Waals surface area contributed by atoms with Crippen LogP contribution in [0.15, 0.2) is 29.4 Å². The van der Waals surface area contributed by atoms with Crippen molar-refractivity contribution in [2.24, 2.45) is 5.92 Å². The highest BCUT2D eigenvalue weighted by Gasteiger charge is 2.24. The zero-order valence-corrected chi connectivity index (χ0v) is 18.7. The Bertz CT molecular complexity index is 863. The van der Waals surface area contributed by atoms with Crippen LogP contribution in [0.1, 0.15) is 43.9 Å². The third kappa shape index (κ3) is 4.98. The summed E-state index contributed by atoms with van der Waals surface area (Å²) in [7, 11) is 0. The Labute approximate surface area is 182 Å². The quantitative estimate of drug-likeness (QED) is 0.682. The molecule has 1 aliphatic heterocycles. The molecule has 2 aliphatic rings. The zero-order chi connectivity index (χ0) is 20.9. The molecule has 0 radical (unpaired) electrons. The number of fused-ring (bicyclic) bond motifs is 1. The number of amides is 1. The number of nitrogens with zero attached hydrogens (tertiary/aromatic N) is 4. The Kier molecular flexibility index (Phi) is 6.94. The summed E-state index contributed by atoms with van der Waals surface area (Å²) in [4.78, 5) is 14.9. The van der Waals surface area contributed by atoms with Crippen LogP contribution in [0.4, 0.5) is 5.95 Å². The van der Waals surface area contributed by atoms with Gasteiger partial charge < -0.3 is 15.0 Å². The summed E-state index contributed by atoms with van der Waals surface area (Å²) in [5.74, 6) is 1.75. The Morgan fingerprint density at radius 2 is 2.07 bits per heavy atom. The summed E-state index contributed by atoms with van der Waals surface area (Å²) in [6.45, 7) is 8.27. The number of aromatic nitrogens is 3. The van der Waals surface area contributed by atoms with Crippen LogP contribution in [0, 0.1) is 5.92 Å². The van der Waals surface area contributed by atoms with Gasteiger partial charge >= 0.3 is 0 Å². The summed E-state index contributed by atoms with van der Waals surface area (Å²) >= 11 is 1.47. The van der Waals surface area contributed by atoms with E-state index in [2.05, 4.69) is 63.1 Å². The predicted molar refractivity (Wildman–Crippen MR) is 119 cm³/mol. The Morgan fingerprint density at radius 3 is 2.87 bits per heavy atom. The number of aryl methyl sites for hydroxylation is 1. The highest BCUT2D eigenvalue weighted by atomic mass is 32.2. The molecule has 1 fully saturated rings. The first kappa shape index (κ1) is 21.2. The summed E-state index contributed by atoms with van der Waals surface area (Å²) in [6.07, 6.45) is 3.21. The van der Waals surface area contributed by atoms with E-state index >= 15 is 0 Å². The monoisotopic (exact) mass is 429 g/mol. The molecule has 1 aromatic heterocycles. The van der Waals surface area contributed by atoms with Gasteiger partial charge in [-0.2, -0.15) is 0 Å². The third-order valence-electron chi connectivity index (χ3n) is 5.58. The molecule has 162 valence electrons. The fourth-order valence-corrected chi connectivity index (χ4v) is 4.93. The molecule has 1 aromatic carbocycles. The SMILES string of the molecule is CC(C)Cn1c(SCC(=O)NC2CCCc3ccccc32)nnc1N1CCOCC1. The highest BCUT2D eigenvalue weighted by Crippen LogP contribution is 2.30. The number of benzene rings is 1. The number of carbonyl (C=O) groups excluding carboxylic acids is 1. The van der Waals surface area contributed by atoms with Crippen LogP contribution in [0.2, 0.25) is 0 Å². The first-order chi connectivity index (χ1) is 14.6. The molecular formula is C22H31N5O2S. The van der Waals surface area contributed by atoms with Crippen LogP contribution in [-0.4, -0.2) is 52.7 Å².